The maximum atomic E-state index is 9.89. The zero-order valence-electron chi connectivity index (χ0n) is 13.2. The van der Waals surface area contributed by atoms with Crippen LogP contribution in [0.15, 0.2) is 24.3 Å². The molecule has 0 saturated heterocycles. The molecule has 1 rings (SSSR count). The Kier molecular flexibility index (Phi) is 9.01. The zero-order chi connectivity index (χ0) is 15.5. The van der Waals surface area contributed by atoms with Gasteiger partial charge in [-0.1, -0.05) is 19.1 Å². The highest BCUT2D eigenvalue weighted by Gasteiger charge is 2.09. The summed E-state index contributed by atoms with van der Waals surface area (Å²) in [5.41, 5.74) is 1.22. The summed E-state index contributed by atoms with van der Waals surface area (Å²) in [6.45, 7) is 3.98. The molecule has 0 amide bonds. The maximum absolute atomic E-state index is 9.89. The molecule has 5 heteroatoms. The number of hydrogen-bond acceptors (Lipinski definition) is 5. The van der Waals surface area contributed by atoms with Crippen molar-refractivity contribution < 1.29 is 19.3 Å². The Labute approximate surface area is 127 Å². The normalized spacial score (nSPS) is 13.9. The number of benzene rings is 1. The highest BCUT2D eigenvalue weighted by atomic mass is 16.5. The molecule has 0 aliphatic carbocycles. The summed E-state index contributed by atoms with van der Waals surface area (Å²) < 4.78 is 15.8. The standard InChI is InChI=1S/C16H27NO4/c1-4-13-6-5-7-15(8-13)21-11-14(18)9-17-10-16(20-3)12-19-2/h5-8,14,16-18H,4,9-12H2,1-3H3. The molecule has 0 radical (unpaired) electrons. The molecule has 0 spiro atoms. The van der Waals surface area contributed by atoms with Crippen molar-refractivity contribution in [2.24, 2.45) is 0 Å². The van der Waals surface area contributed by atoms with Crippen molar-refractivity contribution in [1.82, 2.24) is 5.32 Å². The van der Waals surface area contributed by atoms with Gasteiger partial charge < -0.3 is 24.6 Å². The molecule has 0 aliphatic heterocycles. The SMILES string of the molecule is CCc1cccc(OCC(O)CNCC(COC)OC)c1. The summed E-state index contributed by atoms with van der Waals surface area (Å²) >= 11 is 0. The summed E-state index contributed by atoms with van der Waals surface area (Å²) in [6.07, 6.45) is 0.402. The van der Waals surface area contributed by atoms with Crippen LogP contribution < -0.4 is 10.1 Å². The van der Waals surface area contributed by atoms with Gasteiger partial charge in [0.1, 0.15) is 18.5 Å². The number of ether oxygens (including phenoxy) is 3. The van der Waals surface area contributed by atoms with E-state index >= 15 is 0 Å². The van der Waals surface area contributed by atoms with Crippen LogP contribution in [0.25, 0.3) is 0 Å². The smallest absolute Gasteiger partial charge is 0.119 e. The Morgan fingerprint density at radius 3 is 2.67 bits per heavy atom. The van der Waals surface area contributed by atoms with E-state index in [1.165, 1.54) is 5.56 Å². The fourth-order valence-electron chi connectivity index (χ4n) is 1.91. The van der Waals surface area contributed by atoms with Crippen molar-refractivity contribution in [3.63, 3.8) is 0 Å². The number of aryl methyl sites for hydroxylation is 1. The van der Waals surface area contributed by atoms with Gasteiger partial charge in [0.2, 0.25) is 0 Å². The summed E-state index contributed by atoms with van der Waals surface area (Å²) in [5.74, 6) is 0.794. The molecule has 2 unspecified atom stereocenters. The third-order valence-corrected chi connectivity index (χ3v) is 3.19. The van der Waals surface area contributed by atoms with Crippen LogP contribution in [0.4, 0.5) is 0 Å². The number of rotatable bonds is 11. The quantitative estimate of drug-likeness (QED) is 0.643. The molecule has 5 nitrogen and oxygen atoms in total. The van der Waals surface area contributed by atoms with Gasteiger partial charge in [-0.2, -0.15) is 0 Å². The Balaban J connectivity index is 2.22. The average Bonchev–Trinajstić information content (AvgIpc) is 2.52. The molecule has 0 saturated carbocycles. The molecule has 1 aromatic carbocycles. The summed E-state index contributed by atoms with van der Waals surface area (Å²) in [7, 11) is 3.28. The van der Waals surface area contributed by atoms with Crippen molar-refractivity contribution in [3.8, 4) is 5.75 Å². The van der Waals surface area contributed by atoms with Crippen molar-refractivity contribution in [3.05, 3.63) is 29.8 Å². The van der Waals surface area contributed by atoms with E-state index in [1.54, 1.807) is 14.2 Å². The lowest BCUT2D eigenvalue weighted by Crippen LogP contribution is -2.38. The number of aliphatic hydroxyl groups is 1. The van der Waals surface area contributed by atoms with E-state index in [9.17, 15) is 5.11 Å². The number of nitrogens with one attached hydrogen (secondary N) is 1. The predicted molar refractivity (Wildman–Crippen MR) is 82.9 cm³/mol. The Hall–Kier alpha value is -1.14. The van der Waals surface area contributed by atoms with Gasteiger partial charge in [-0.3, -0.25) is 0 Å². The minimum atomic E-state index is -0.560. The highest BCUT2D eigenvalue weighted by Crippen LogP contribution is 2.13. The minimum Gasteiger partial charge on any atom is -0.491 e. The van der Waals surface area contributed by atoms with Crippen LogP contribution in [0.3, 0.4) is 0 Å². The largest absolute Gasteiger partial charge is 0.491 e. The lowest BCUT2D eigenvalue weighted by atomic mass is 10.2. The summed E-state index contributed by atoms with van der Waals surface area (Å²) in [5, 5.41) is 13.0. The first-order valence-corrected chi connectivity index (χ1v) is 7.31. The fraction of sp³-hybridized carbons (Fsp3) is 0.625. The van der Waals surface area contributed by atoms with E-state index in [-0.39, 0.29) is 12.7 Å². The first-order chi connectivity index (χ1) is 10.2. The van der Waals surface area contributed by atoms with Crippen LogP contribution in [0.1, 0.15) is 12.5 Å². The van der Waals surface area contributed by atoms with Gasteiger partial charge in [0.25, 0.3) is 0 Å². The Bertz CT molecular complexity index is 386. The molecule has 0 aromatic heterocycles. The molecule has 120 valence electrons. The molecule has 0 bridgehead atoms. The van der Waals surface area contributed by atoms with Gasteiger partial charge in [0.15, 0.2) is 0 Å². The van der Waals surface area contributed by atoms with Crippen LogP contribution in [0.5, 0.6) is 5.75 Å². The van der Waals surface area contributed by atoms with Crippen LogP contribution in [-0.2, 0) is 15.9 Å². The third-order valence-electron chi connectivity index (χ3n) is 3.19. The van der Waals surface area contributed by atoms with Gasteiger partial charge in [0.05, 0.1) is 12.7 Å². The van der Waals surface area contributed by atoms with E-state index in [1.807, 2.05) is 18.2 Å². The fourth-order valence-corrected chi connectivity index (χ4v) is 1.91. The molecular weight excluding hydrogens is 270 g/mol. The number of methoxy groups -OCH3 is 2. The molecule has 0 fully saturated rings. The topological polar surface area (TPSA) is 60.0 Å². The molecule has 21 heavy (non-hydrogen) atoms. The Morgan fingerprint density at radius 2 is 2.00 bits per heavy atom. The van der Waals surface area contributed by atoms with Gasteiger partial charge in [-0.25, -0.2) is 0 Å². The molecule has 2 N–H and O–H groups in total. The lowest BCUT2D eigenvalue weighted by Gasteiger charge is -2.17. The number of aliphatic hydroxyl groups excluding tert-OH is 1. The van der Waals surface area contributed by atoms with E-state index in [4.69, 9.17) is 14.2 Å². The molecule has 2 atom stereocenters. The third kappa shape index (κ3) is 7.43. The van der Waals surface area contributed by atoms with Gasteiger partial charge in [-0.05, 0) is 24.1 Å². The van der Waals surface area contributed by atoms with Gasteiger partial charge in [-0.15, -0.1) is 0 Å². The first-order valence-electron chi connectivity index (χ1n) is 7.31. The maximum Gasteiger partial charge on any atom is 0.119 e. The molecule has 0 heterocycles. The van der Waals surface area contributed by atoms with Crippen LogP contribution >= 0.6 is 0 Å². The van der Waals surface area contributed by atoms with E-state index in [0.717, 1.165) is 12.2 Å². The van der Waals surface area contributed by atoms with Crippen LogP contribution in [0.2, 0.25) is 0 Å². The van der Waals surface area contributed by atoms with Crippen LogP contribution in [-0.4, -0.2) is 57.8 Å². The molecule has 0 aliphatic rings. The minimum absolute atomic E-state index is 0.00986. The van der Waals surface area contributed by atoms with Crippen molar-refractivity contribution in [2.75, 3.05) is 40.5 Å². The summed E-state index contributed by atoms with van der Waals surface area (Å²) in [4.78, 5) is 0. The van der Waals surface area contributed by atoms with Crippen molar-refractivity contribution in [1.29, 1.82) is 0 Å². The number of hydrogen-bond donors (Lipinski definition) is 2. The van der Waals surface area contributed by atoms with Crippen molar-refractivity contribution >= 4 is 0 Å². The van der Waals surface area contributed by atoms with Crippen LogP contribution in [0, 0.1) is 0 Å². The second-order valence-electron chi connectivity index (χ2n) is 4.94. The second kappa shape index (κ2) is 10.6. The lowest BCUT2D eigenvalue weighted by molar-refractivity contribution is 0.0257. The monoisotopic (exact) mass is 297 g/mol. The van der Waals surface area contributed by atoms with E-state index in [2.05, 4.69) is 18.3 Å². The predicted octanol–water partition coefficient (Wildman–Crippen LogP) is 1.24. The highest BCUT2D eigenvalue weighted by molar-refractivity contribution is 5.28. The van der Waals surface area contributed by atoms with Crippen molar-refractivity contribution in [2.45, 2.75) is 25.6 Å². The van der Waals surface area contributed by atoms with Gasteiger partial charge in [0, 0.05) is 27.3 Å². The van der Waals surface area contributed by atoms with E-state index in [0.29, 0.717) is 19.7 Å². The second-order valence-corrected chi connectivity index (χ2v) is 4.94. The van der Waals surface area contributed by atoms with Gasteiger partial charge >= 0.3 is 0 Å². The van der Waals surface area contributed by atoms with E-state index < -0.39 is 6.10 Å². The zero-order valence-corrected chi connectivity index (χ0v) is 13.2. The Morgan fingerprint density at radius 1 is 1.19 bits per heavy atom. The first kappa shape index (κ1) is 17.9. The average molecular weight is 297 g/mol. The molecular formula is C16H27NO4. The molecule has 1 aromatic rings. The summed E-state index contributed by atoms with van der Waals surface area (Å²) in [6, 6.07) is 7.93.